The van der Waals surface area contributed by atoms with Gasteiger partial charge in [-0.3, -0.25) is 9.59 Å². The quantitative estimate of drug-likeness (QED) is 0.749. The van der Waals surface area contributed by atoms with Crippen LogP contribution in [0, 0.1) is 5.92 Å². The van der Waals surface area contributed by atoms with Gasteiger partial charge >= 0.3 is 5.97 Å². The van der Waals surface area contributed by atoms with E-state index in [9.17, 15) is 14.7 Å². The third-order valence-corrected chi connectivity index (χ3v) is 5.33. The molecule has 27 heavy (non-hydrogen) atoms. The van der Waals surface area contributed by atoms with Crippen LogP contribution in [0.3, 0.4) is 0 Å². The van der Waals surface area contributed by atoms with Gasteiger partial charge in [-0.2, -0.15) is 0 Å². The molecule has 0 saturated carbocycles. The second-order valence-corrected chi connectivity index (χ2v) is 7.17. The number of aryl methyl sites for hydroxylation is 1. The minimum Gasteiger partial charge on any atom is -0.481 e. The molecule has 0 spiro atoms. The van der Waals surface area contributed by atoms with Crippen molar-refractivity contribution in [1.29, 1.82) is 0 Å². The van der Waals surface area contributed by atoms with Gasteiger partial charge in [-0.25, -0.2) is 4.68 Å². The van der Waals surface area contributed by atoms with Crippen molar-refractivity contribution >= 4 is 34.5 Å². The molecular weight excluding hydrogens is 368 g/mol. The Labute approximate surface area is 160 Å². The van der Waals surface area contributed by atoms with Crippen LogP contribution in [0.4, 0.5) is 0 Å². The van der Waals surface area contributed by atoms with Crippen LogP contribution < -0.4 is 0 Å². The lowest BCUT2D eigenvalue weighted by Gasteiger charge is -2.16. The summed E-state index contributed by atoms with van der Waals surface area (Å²) in [7, 11) is 1.78. The first kappa shape index (κ1) is 17.5. The SMILES string of the molecule is Cn1nnc2cc(C(=O)N3C[C@@H](C(=O)O)[C@H](c4ccc(Cl)cc4)C3)ccc21. The number of amides is 1. The third-order valence-electron chi connectivity index (χ3n) is 5.08. The van der Waals surface area contributed by atoms with Gasteiger partial charge in [0.25, 0.3) is 5.91 Å². The highest BCUT2D eigenvalue weighted by Gasteiger charge is 2.40. The van der Waals surface area contributed by atoms with Gasteiger partial charge < -0.3 is 10.0 Å². The second-order valence-electron chi connectivity index (χ2n) is 6.73. The molecule has 8 heteroatoms. The average molecular weight is 385 g/mol. The molecule has 1 aromatic heterocycles. The lowest BCUT2D eigenvalue weighted by molar-refractivity contribution is -0.141. The number of hydrogen-bond donors (Lipinski definition) is 1. The molecule has 0 aliphatic carbocycles. The molecule has 0 radical (unpaired) electrons. The summed E-state index contributed by atoms with van der Waals surface area (Å²) in [6.45, 7) is 0.510. The first-order valence-electron chi connectivity index (χ1n) is 8.51. The smallest absolute Gasteiger partial charge is 0.308 e. The van der Waals surface area contributed by atoms with Gasteiger partial charge in [-0.15, -0.1) is 5.10 Å². The van der Waals surface area contributed by atoms with Crippen LogP contribution in [0.1, 0.15) is 21.8 Å². The van der Waals surface area contributed by atoms with E-state index < -0.39 is 11.9 Å². The van der Waals surface area contributed by atoms with Gasteiger partial charge in [-0.1, -0.05) is 28.9 Å². The van der Waals surface area contributed by atoms with E-state index in [1.165, 1.54) is 0 Å². The lowest BCUT2D eigenvalue weighted by atomic mass is 9.89. The van der Waals surface area contributed by atoms with Crippen LogP contribution in [-0.2, 0) is 11.8 Å². The molecule has 2 aromatic carbocycles. The zero-order chi connectivity index (χ0) is 19.1. The Balaban J connectivity index is 1.62. The molecule has 0 unspecified atom stereocenters. The molecule has 4 rings (SSSR count). The number of carboxylic acids is 1. The van der Waals surface area contributed by atoms with Crippen molar-refractivity contribution in [3.05, 3.63) is 58.6 Å². The number of aromatic nitrogens is 3. The number of aliphatic carboxylic acids is 1. The molecule has 1 fully saturated rings. The number of benzene rings is 2. The van der Waals surface area contributed by atoms with E-state index >= 15 is 0 Å². The molecular formula is C19H17ClN4O3. The topological polar surface area (TPSA) is 88.3 Å². The monoisotopic (exact) mass is 384 g/mol. The molecule has 1 N–H and O–H groups in total. The highest BCUT2D eigenvalue weighted by atomic mass is 35.5. The second kappa shape index (κ2) is 6.66. The predicted molar refractivity (Wildman–Crippen MR) is 99.7 cm³/mol. The molecule has 138 valence electrons. The Hall–Kier alpha value is -2.93. The van der Waals surface area contributed by atoms with E-state index in [0.29, 0.717) is 22.6 Å². The lowest BCUT2D eigenvalue weighted by Crippen LogP contribution is -2.29. The molecule has 1 saturated heterocycles. The maximum atomic E-state index is 13.0. The summed E-state index contributed by atoms with van der Waals surface area (Å²) in [6.07, 6.45) is 0. The van der Waals surface area contributed by atoms with Crippen molar-refractivity contribution in [1.82, 2.24) is 19.9 Å². The van der Waals surface area contributed by atoms with Crippen LogP contribution >= 0.6 is 11.6 Å². The van der Waals surface area contributed by atoms with Crippen molar-refractivity contribution in [2.75, 3.05) is 13.1 Å². The Morgan fingerprint density at radius 2 is 1.89 bits per heavy atom. The van der Waals surface area contributed by atoms with E-state index in [1.54, 1.807) is 47.0 Å². The van der Waals surface area contributed by atoms with Gasteiger partial charge in [0.1, 0.15) is 5.52 Å². The van der Waals surface area contributed by atoms with E-state index in [1.807, 2.05) is 12.1 Å². The molecule has 1 amide bonds. The highest BCUT2D eigenvalue weighted by molar-refractivity contribution is 6.30. The fourth-order valence-corrected chi connectivity index (χ4v) is 3.75. The average Bonchev–Trinajstić information content (AvgIpc) is 3.26. The maximum Gasteiger partial charge on any atom is 0.308 e. The van der Waals surface area contributed by atoms with E-state index in [0.717, 1.165) is 11.1 Å². The number of carbonyl (C=O) groups excluding carboxylic acids is 1. The summed E-state index contributed by atoms with van der Waals surface area (Å²) in [6, 6.07) is 12.3. The molecule has 2 atom stereocenters. The molecule has 7 nitrogen and oxygen atoms in total. The Morgan fingerprint density at radius 3 is 2.59 bits per heavy atom. The Morgan fingerprint density at radius 1 is 1.15 bits per heavy atom. The summed E-state index contributed by atoms with van der Waals surface area (Å²) >= 11 is 5.93. The summed E-state index contributed by atoms with van der Waals surface area (Å²) in [4.78, 5) is 26.3. The van der Waals surface area contributed by atoms with Crippen LogP contribution in [0.2, 0.25) is 5.02 Å². The normalized spacial score (nSPS) is 19.6. The Kier molecular flexibility index (Phi) is 4.31. The zero-order valence-electron chi connectivity index (χ0n) is 14.5. The van der Waals surface area contributed by atoms with Crippen LogP contribution in [0.5, 0.6) is 0 Å². The standard InChI is InChI=1S/C19H17ClN4O3/c1-23-17-7-4-12(8-16(17)21-22-23)18(25)24-9-14(15(10-24)19(26)27)11-2-5-13(20)6-3-11/h2-8,14-15H,9-10H2,1H3,(H,26,27)/t14-,15+/m0/s1. The van der Waals surface area contributed by atoms with E-state index in [2.05, 4.69) is 10.3 Å². The first-order valence-corrected chi connectivity index (χ1v) is 8.89. The third kappa shape index (κ3) is 3.14. The summed E-state index contributed by atoms with van der Waals surface area (Å²) in [5.74, 6) is -2.04. The number of fused-ring (bicyclic) bond motifs is 1. The number of carbonyl (C=O) groups is 2. The van der Waals surface area contributed by atoms with E-state index in [-0.39, 0.29) is 18.4 Å². The van der Waals surface area contributed by atoms with Gasteiger partial charge in [0.15, 0.2) is 0 Å². The number of hydrogen-bond acceptors (Lipinski definition) is 4. The first-order chi connectivity index (χ1) is 12.9. The van der Waals surface area contributed by atoms with Crippen molar-refractivity contribution in [3.63, 3.8) is 0 Å². The number of likely N-dealkylation sites (tertiary alicyclic amines) is 1. The molecule has 2 heterocycles. The fourth-order valence-electron chi connectivity index (χ4n) is 3.62. The van der Waals surface area contributed by atoms with Crippen LogP contribution in [-0.4, -0.2) is 50.0 Å². The van der Waals surface area contributed by atoms with Crippen LogP contribution in [0.25, 0.3) is 11.0 Å². The van der Waals surface area contributed by atoms with Crippen molar-refractivity contribution < 1.29 is 14.7 Å². The van der Waals surface area contributed by atoms with Gasteiger partial charge in [0.2, 0.25) is 0 Å². The van der Waals surface area contributed by atoms with Gasteiger partial charge in [0.05, 0.1) is 11.4 Å². The molecule has 0 bridgehead atoms. The minimum absolute atomic E-state index is 0.167. The fraction of sp³-hybridized carbons (Fsp3) is 0.263. The van der Waals surface area contributed by atoms with Crippen molar-refractivity contribution in [2.24, 2.45) is 13.0 Å². The number of halogens is 1. The maximum absolute atomic E-state index is 13.0. The number of rotatable bonds is 3. The number of nitrogens with zero attached hydrogens (tertiary/aromatic N) is 4. The van der Waals surface area contributed by atoms with Gasteiger partial charge in [-0.05, 0) is 35.9 Å². The van der Waals surface area contributed by atoms with Crippen molar-refractivity contribution in [3.8, 4) is 0 Å². The summed E-state index contributed by atoms with van der Waals surface area (Å²) < 4.78 is 1.64. The molecule has 1 aliphatic rings. The highest BCUT2D eigenvalue weighted by Crippen LogP contribution is 2.34. The largest absolute Gasteiger partial charge is 0.481 e. The van der Waals surface area contributed by atoms with E-state index in [4.69, 9.17) is 11.6 Å². The molecule has 1 aliphatic heterocycles. The zero-order valence-corrected chi connectivity index (χ0v) is 15.3. The van der Waals surface area contributed by atoms with Crippen LogP contribution in [0.15, 0.2) is 42.5 Å². The minimum atomic E-state index is -0.908. The number of carboxylic acid groups (broad SMARTS) is 1. The molecule has 3 aromatic rings. The predicted octanol–water partition coefficient (Wildman–Crippen LogP) is 2.56. The summed E-state index contributed by atoms with van der Waals surface area (Å²) in [5, 5.41) is 18.2. The Bertz CT molecular complexity index is 1030. The van der Waals surface area contributed by atoms with Gasteiger partial charge in [0, 0.05) is 36.6 Å². The van der Waals surface area contributed by atoms with Crippen molar-refractivity contribution in [2.45, 2.75) is 5.92 Å². The summed E-state index contributed by atoms with van der Waals surface area (Å²) in [5.41, 5.74) is 2.80.